The number of amides is 1. The van der Waals surface area contributed by atoms with Crippen LogP contribution < -0.4 is 21.3 Å². The summed E-state index contributed by atoms with van der Waals surface area (Å²) in [6, 6.07) is 10.1. The van der Waals surface area contributed by atoms with Gasteiger partial charge in [-0.1, -0.05) is 71.6 Å². The van der Waals surface area contributed by atoms with Gasteiger partial charge in [0.25, 0.3) is 0 Å². The van der Waals surface area contributed by atoms with Crippen molar-refractivity contribution in [2.24, 2.45) is 5.92 Å². The van der Waals surface area contributed by atoms with Gasteiger partial charge in [-0.05, 0) is 62.0 Å². The monoisotopic (exact) mass is 488 g/mol. The number of thiocarbonyl (C=S) groups is 1. The standard InChI is InChI=1S/C21H27Cl3N4OS/c22-21(23,24)19(27-17(29)12-11-14-6-2-1-3-7-14)28-20(30)26-16-10-4-8-15-9-5-13-25-18(15)16/h1-3,6-7,11-12,15-16,18-19,25H,4-5,8-10,13H2,(H,27,29)(H2,26,28,30)/b12-11+. The van der Waals surface area contributed by atoms with Crippen LogP contribution in [0.5, 0.6) is 0 Å². The maximum Gasteiger partial charge on any atom is 0.245 e. The predicted octanol–water partition coefficient (Wildman–Crippen LogP) is 3.90. The Morgan fingerprint density at radius 1 is 1.13 bits per heavy atom. The SMILES string of the molecule is O=C(/C=C/c1ccccc1)NC(NC(=S)NC1CCCC2CCCNC21)C(Cl)(Cl)Cl. The summed E-state index contributed by atoms with van der Waals surface area (Å²) in [4.78, 5) is 12.3. The molecule has 0 aromatic heterocycles. The van der Waals surface area contributed by atoms with Crippen molar-refractivity contribution in [3.63, 3.8) is 0 Å². The fourth-order valence-corrected chi connectivity index (χ4v) is 4.78. The first-order valence-corrected chi connectivity index (χ1v) is 11.8. The smallest absolute Gasteiger partial charge is 0.245 e. The molecule has 164 valence electrons. The van der Waals surface area contributed by atoms with E-state index >= 15 is 0 Å². The minimum absolute atomic E-state index is 0.216. The van der Waals surface area contributed by atoms with Crippen molar-refractivity contribution < 1.29 is 4.79 Å². The summed E-state index contributed by atoms with van der Waals surface area (Å²) < 4.78 is -1.78. The van der Waals surface area contributed by atoms with Crippen molar-refractivity contribution in [1.29, 1.82) is 0 Å². The number of alkyl halides is 3. The Kier molecular flexibility index (Phi) is 8.66. The zero-order valence-electron chi connectivity index (χ0n) is 16.5. The van der Waals surface area contributed by atoms with Crippen LogP contribution in [0.25, 0.3) is 6.08 Å². The zero-order chi connectivity index (χ0) is 21.6. The highest BCUT2D eigenvalue weighted by molar-refractivity contribution is 7.80. The molecule has 1 aromatic carbocycles. The number of hydrogen-bond donors (Lipinski definition) is 4. The molecule has 1 saturated carbocycles. The molecule has 0 spiro atoms. The summed E-state index contributed by atoms with van der Waals surface area (Å²) in [6.07, 6.45) is 8.02. The van der Waals surface area contributed by atoms with Crippen LogP contribution >= 0.6 is 47.0 Å². The van der Waals surface area contributed by atoms with Gasteiger partial charge in [0.05, 0.1) is 0 Å². The third-order valence-electron chi connectivity index (χ3n) is 5.60. The van der Waals surface area contributed by atoms with Crippen LogP contribution in [0.1, 0.15) is 37.7 Å². The van der Waals surface area contributed by atoms with Gasteiger partial charge in [0.2, 0.25) is 9.70 Å². The van der Waals surface area contributed by atoms with Crippen LogP contribution in [0.15, 0.2) is 36.4 Å². The van der Waals surface area contributed by atoms with Gasteiger partial charge >= 0.3 is 0 Å². The number of nitrogens with one attached hydrogen (secondary N) is 4. The number of carbonyl (C=O) groups is 1. The van der Waals surface area contributed by atoms with Gasteiger partial charge in [-0.15, -0.1) is 0 Å². The molecular formula is C21H27Cl3N4OS. The number of fused-ring (bicyclic) bond motifs is 1. The van der Waals surface area contributed by atoms with E-state index in [1.54, 1.807) is 6.08 Å². The molecule has 1 amide bonds. The molecule has 1 heterocycles. The lowest BCUT2D eigenvalue weighted by Crippen LogP contribution is -2.62. The molecule has 1 aliphatic carbocycles. The van der Waals surface area contributed by atoms with E-state index in [2.05, 4.69) is 21.3 Å². The number of halogens is 3. The molecule has 2 fully saturated rings. The summed E-state index contributed by atoms with van der Waals surface area (Å²) in [5, 5.41) is 13.0. The first kappa shape index (κ1) is 23.6. The number of benzene rings is 1. The van der Waals surface area contributed by atoms with Gasteiger partial charge in [0.15, 0.2) is 5.11 Å². The predicted molar refractivity (Wildman–Crippen MR) is 129 cm³/mol. The highest BCUT2D eigenvalue weighted by atomic mass is 35.6. The van der Waals surface area contributed by atoms with Crippen LogP contribution in [-0.2, 0) is 4.79 Å². The lowest BCUT2D eigenvalue weighted by Gasteiger charge is -2.43. The average molecular weight is 490 g/mol. The van der Waals surface area contributed by atoms with E-state index in [0.29, 0.717) is 17.1 Å². The molecule has 4 unspecified atom stereocenters. The average Bonchev–Trinajstić information content (AvgIpc) is 2.72. The second-order valence-electron chi connectivity index (χ2n) is 7.76. The lowest BCUT2D eigenvalue weighted by molar-refractivity contribution is -0.117. The van der Waals surface area contributed by atoms with Crippen LogP contribution in [0.3, 0.4) is 0 Å². The van der Waals surface area contributed by atoms with Crippen molar-refractivity contribution in [2.45, 2.75) is 54.1 Å². The molecule has 4 N–H and O–H groups in total. The number of carbonyl (C=O) groups excluding carboxylic acids is 1. The quantitative estimate of drug-likeness (QED) is 0.219. The topological polar surface area (TPSA) is 65.2 Å². The normalized spacial score (nSPS) is 25.2. The largest absolute Gasteiger partial charge is 0.358 e. The Hall–Kier alpha value is -1.05. The molecule has 2 aliphatic rings. The molecule has 1 saturated heterocycles. The van der Waals surface area contributed by atoms with E-state index in [1.807, 2.05) is 30.3 Å². The lowest BCUT2D eigenvalue weighted by atomic mass is 9.76. The maximum absolute atomic E-state index is 12.3. The van der Waals surface area contributed by atoms with Gasteiger partial charge in [0.1, 0.15) is 6.17 Å². The van der Waals surface area contributed by atoms with E-state index in [0.717, 1.165) is 24.9 Å². The number of rotatable bonds is 5. The summed E-state index contributed by atoms with van der Waals surface area (Å²) >= 11 is 23.7. The second kappa shape index (κ2) is 11.0. The summed E-state index contributed by atoms with van der Waals surface area (Å²) in [5.41, 5.74) is 0.898. The van der Waals surface area contributed by atoms with Crippen molar-refractivity contribution >= 4 is 64.1 Å². The third-order valence-corrected chi connectivity index (χ3v) is 6.49. The molecule has 4 atom stereocenters. The highest BCUT2D eigenvalue weighted by Crippen LogP contribution is 2.31. The summed E-state index contributed by atoms with van der Waals surface area (Å²) in [7, 11) is 0. The Morgan fingerprint density at radius 3 is 2.60 bits per heavy atom. The number of hydrogen-bond acceptors (Lipinski definition) is 3. The molecule has 0 bridgehead atoms. The summed E-state index contributed by atoms with van der Waals surface area (Å²) in [6.45, 7) is 1.03. The van der Waals surface area contributed by atoms with E-state index in [9.17, 15) is 4.79 Å². The molecule has 30 heavy (non-hydrogen) atoms. The Labute approximate surface area is 198 Å². The fourth-order valence-electron chi connectivity index (χ4n) is 4.18. The Morgan fingerprint density at radius 2 is 1.87 bits per heavy atom. The van der Waals surface area contributed by atoms with E-state index < -0.39 is 15.9 Å². The van der Waals surface area contributed by atoms with Crippen LogP contribution in [0.2, 0.25) is 0 Å². The van der Waals surface area contributed by atoms with Gasteiger partial charge < -0.3 is 21.3 Å². The molecular weight excluding hydrogens is 463 g/mol. The highest BCUT2D eigenvalue weighted by Gasteiger charge is 2.37. The van der Waals surface area contributed by atoms with Crippen molar-refractivity contribution in [2.75, 3.05) is 6.54 Å². The van der Waals surface area contributed by atoms with Gasteiger partial charge in [-0.25, -0.2) is 0 Å². The number of piperidine rings is 1. The van der Waals surface area contributed by atoms with Crippen molar-refractivity contribution in [1.82, 2.24) is 21.3 Å². The Bertz CT molecular complexity index is 754. The molecule has 9 heteroatoms. The molecule has 5 nitrogen and oxygen atoms in total. The molecule has 0 radical (unpaired) electrons. The van der Waals surface area contributed by atoms with E-state index in [1.165, 1.54) is 25.3 Å². The minimum Gasteiger partial charge on any atom is -0.358 e. The van der Waals surface area contributed by atoms with Crippen molar-refractivity contribution in [3.8, 4) is 0 Å². The first-order valence-electron chi connectivity index (χ1n) is 10.2. The molecule has 1 aromatic rings. The third kappa shape index (κ3) is 6.99. The summed E-state index contributed by atoms with van der Waals surface area (Å²) in [5.74, 6) is 0.275. The van der Waals surface area contributed by atoms with Gasteiger partial charge in [-0.3, -0.25) is 4.79 Å². The van der Waals surface area contributed by atoms with Gasteiger partial charge in [-0.2, -0.15) is 0 Å². The molecule has 1 aliphatic heterocycles. The zero-order valence-corrected chi connectivity index (χ0v) is 19.6. The van der Waals surface area contributed by atoms with Crippen molar-refractivity contribution in [3.05, 3.63) is 42.0 Å². The van der Waals surface area contributed by atoms with E-state index in [4.69, 9.17) is 47.0 Å². The maximum atomic E-state index is 12.3. The second-order valence-corrected chi connectivity index (χ2v) is 10.5. The minimum atomic E-state index is -1.78. The van der Waals surface area contributed by atoms with Gasteiger partial charge in [0, 0.05) is 18.2 Å². The Balaban J connectivity index is 1.57. The van der Waals surface area contributed by atoms with Crippen LogP contribution in [0, 0.1) is 5.92 Å². The molecule has 3 rings (SSSR count). The first-order chi connectivity index (χ1) is 14.3. The van der Waals surface area contributed by atoms with Crippen LogP contribution in [-0.4, -0.2) is 39.6 Å². The van der Waals surface area contributed by atoms with E-state index in [-0.39, 0.29) is 6.04 Å². The fraction of sp³-hybridized carbons (Fsp3) is 0.524. The van der Waals surface area contributed by atoms with Crippen LogP contribution in [0.4, 0.5) is 0 Å².